The molecule has 5 heteroatoms. The Morgan fingerprint density at radius 3 is 2.79 bits per heavy atom. The number of pyridine rings is 1. The van der Waals surface area contributed by atoms with Gasteiger partial charge in [-0.05, 0) is 24.6 Å². The van der Waals surface area contributed by atoms with E-state index in [-0.39, 0.29) is 5.56 Å². The van der Waals surface area contributed by atoms with E-state index in [2.05, 4.69) is 10.1 Å². The lowest BCUT2D eigenvalue weighted by atomic mass is 10.1. The van der Waals surface area contributed by atoms with Gasteiger partial charge in [0.05, 0.1) is 5.56 Å². The molecule has 0 unspecified atom stereocenters. The van der Waals surface area contributed by atoms with Crippen LogP contribution in [0.15, 0.2) is 42.6 Å². The van der Waals surface area contributed by atoms with Crippen LogP contribution in [0.1, 0.15) is 15.9 Å². The fraction of sp³-hybridized carbons (Fsp3) is 0.0714. The number of carboxylic acid groups (broad SMARTS) is 1. The molecule has 19 heavy (non-hydrogen) atoms. The predicted octanol–water partition coefficient (Wildman–Crippen LogP) is 2.40. The Bertz CT molecular complexity index is 777. The average Bonchev–Trinajstić information content (AvgIpc) is 2.81. The lowest BCUT2D eigenvalue weighted by molar-refractivity contribution is 0.0697. The molecule has 5 nitrogen and oxygen atoms in total. The van der Waals surface area contributed by atoms with Crippen LogP contribution in [0.2, 0.25) is 0 Å². The topological polar surface area (TPSA) is 67.5 Å². The van der Waals surface area contributed by atoms with Crippen LogP contribution in [0.25, 0.3) is 17.0 Å². The van der Waals surface area contributed by atoms with Crippen molar-refractivity contribution in [3.8, 4) is 11.4 Å². The maximum Gasteiger partial charge on any atom is 0.335 e. The second-order valence-corrected chi connectivity index (χ2v) is 4.27. The molecule has 0 fully saturated rings. The van der Waals surface area contributed by atoms with Gasteiger partial charge in [0.2, 0.25) is 0 Å². The Labute approximate surface area is 109 Å². The van der Waals surface area contributed by atoms with Crippen molar-refractivity contribution in [2.75, 3.05) is 0 Å². The molecule has 94 valence electrons. The lowest BCUT2D eigenvalue weighted by Gasteiger charge is -1.98. The summed E-state index contributed by atoms with van der Waals surface area (Å²) in [5.74, 6) is -0.372. The number of aryl methyl sites for hydroxylation is 1. The first kappa shape index (κ1) is 11.4. The highest BCUT2D eigenvalue weighted by Crippen LogP contribution is 2.20. The molecule has 1 N–H and O–H groups in total. The van der Waals surface area contributed by atoms with E-state index in [1.807, 2.05) is 31.2 Å². The van der Waals surface area contributed by atoms with Gasteiger partial charge in [-0.1, -0.05) is 24.3 Å². The van der Waals surface area contributed by atoms with Gasteiger partial charge in [0.15, 0.2) is 11.5 Å². The maximum absolute atomic E-state index is 10.9. The molecule has 0 saturated carbocycles. The van der Waals surface area contributed by atoms with E-state index in [1.54, 1.807) is 10.7 Å². The minimum Gasteiger partial charge on any atom is -0.478 e. The zero-order chi connectivity index (χ0) is 13.4. The highest BCUT2D eigenvalue weighted by atomic mass is 16.4. The van der Waals surface area contributed by atoms with Crippen molar-refractivity contribution in [2.45, 2.75) is 6.92 Å². The molecule has 2 aromatic heterocycles. The van der Waals surface area contributed by atoms with Crippen molar-refractivity contribution in [1.82, 2.24) is 14.6 Å². The van der Waals surface area contributed by atoms with Crippen molar-refractivity contribution < 1.29 is 9.90 Å². The van der Waals surface area contributed by atoms with Gasteiger partial charge in [-0.3, -0.25) is 0 Å². The number of hydrogen-bond acceptors (Lipinski definition) is 3. The summed E-state index contributed by atoms with van der Waals surface area (Å²) in [6, 6.07) is 10.8. The van der Waals surface area contributed by atoms with Crippen molar-refractivity contribution in [3.05, 3.63) is 53.7 Å². The fourth-order valence-electron chi connectivity index (χ4n) is 1.95. The van der Waals surface area contributed by atoms with Crippen LogP contribution < -0.4 is 0 Å². The summed E-state index contributed by atoms with van der Waals surface area (Å²) in [4.78, 5) is 15.3. The maximum atomic E-state index is 10.9. The second kappa shape index (κ2) is 4.20. The Kier molecular flexibility index (Phi) is 2.52. The lowest BCUT2D eigenvalue weighted by Crippen LogP contribution is -1.97. The first-order valence-corrected chi connectivity index (χ1v) is 5.81. The molecule has 0 atom stereocenters. The van der Waals surface area contributed by atoms with Gasteiger partial charge < -0.3 is 5.11 Å². The molecule has 0 saturated heterocycles. The predicted molar refractivity (Wildman–Crippen MR) is 70.1 cm³/mol. The summed E-state index contributed by atoms with van der Waals surface area (Å²) in [6.07, 6.45) is 1.60. The van der Waals surface area contributed by atoms with Gasteiger partial charge in [0.25, 0.3) is 0 Å². The van der Waals surface area contributed by atoms with Crippen molar-refractivity contribution >= 4 is 11.6 Å². The third-order valence-electron chi connectivity index (χ3n) is 2.97. The average molecular weight is 253 g/mol. The second-order valence-electron chi connectivity index (χ2n) is 4.27. The number of aromatic nitrogens is 3. The zero-order valence-electron chi connectivity index (χ0n) is 10.2. The third kappa shape index (κ3) is 1.95. The van der Waals surface area contributed by atoms with Gasteiger partial charge in [-0.15, -0.1) is 5.10 Å². The van der Waals surface area contributed by atoms with Crippen LogP contribution in [0.4, 0.5) is 0 Å². The third-order valence-corrected chi connectivity index (χ3v) is 2.97. The minimum atomic E-state index is -0.969. The van der Waals surface area contributed by atoms with Gasteiger partial charge in [0.1, 0.15) is 0 Å². The highest BCUT2D eigenvalue weighted by Gasteiger charge is 2.10. The molecule has 1 aromatic carbocycles. The standard InChI is InChI=1S/C14H11N3O2/c1-9-4-2-3-5-11(9)13-15-12-8-10(14(18)19)6-7-17(12)16-13/h2-8H,1H3,(H,18,19). The van der Waals surface area contributed by atoms with Gasteiger partial charge in [-0.25, -0.2) is 14.3 Å². The number of carbonyl (C=O) groups is 1. The van der Waals surface area contributed by atoms with Crippen LogP contribution >= 0.6 is 0 Å². The smallest absolute Gasteiger partial charge is 0.335 e. The van der Waals surface area contributed by atoms with Crippen LogP contribution in [0.3, 0.4) is 0 Å². The minimum absolute atomic E-state index is 0.205. The first-order chi connectivity index (χ1) is 9.15. The molecule has 0 spiro atoms. The van der Waals surface area contributed by atoms with Gasteiger partial charge in [-0.2, -0.15) is 0 Å². The van der Waals surface area contributed by atoms with Crippen molar-refractivity contribution in [2.24, 2.45) is 0 Å². The monoisotopic (exact) mass is 253 g/mol. The van der Waals surface area contributed by atoms with Crippen LogP contribution in [0, 0.1) is 6.92 Å². The molecule has 2 heterocycles. The van der Waals surface area contributed by atoms with Crippen LogP contribution in [0.5, 0.6) is 0 Å². The largest absolute Gasteiger partial charge is 0.478 e. The summed E-state index contributed by atoms with van der Waals surface area (Å²) in [6.45, 7) is 1.99. The van der Waals surface area contributed by atoms with E-state index >= 15 is 0 Å². The first-order valence-electron chi connectivity index (χ1n) is 5.81. The van der Waals surface area contributed by atoms with Crippen LogP contribution in [-0.2, 0) is 0 Å². The molecule has 0 aliphatic heterocycles. The quantitative estimate of drug-likeness (QED) is 0.761. The summed E-state index contributed by atoms with van der Waals surface area (Å²) >= 11 is 0. The number of hydrogen-bond donors (Lipinski definition) is 1. The van der Waals surface area contributed by atoms with E-state index in [9.17, 15) is 4.79 Å². The summed E-state index contributed by atoms with van der Waals surface area (Å²) in [5.41, 5.74) is 2.76. The van der Waals surface area contributed by atoms with E-state index in [1.165, 1.54) is 12.1 Å². The molecule has 0 aliphatic rings. The molecular formula is C14H11N3O2. The van der Waals surface area contributed by atoms with E-state index < -0.39 is 5.97 Å². The van der Waals surface area contributed by atoms with E-state index in [0.717, 1.165) is 11.1 Å². The Balaban J connectivity index is 2.17. The molecule has 0 aliphatic carbocycles. The Morgan fingerprint density at radius 1 is 1.26 bits per heavy atom. The normalized spacial score (nSPS) is 10.8. The molecule has 3 rings (SSSR count). The SMILES string of the molecule is Cc1ccccc1-c1nc2cc(C(=O)O)ccn2n1. The molecule has 0 bridgehead atoms. The zero-order valence-corrected chi connectivity index (χ0v) is 10.2. The molecule has 0 radical (unpaired) electrons. The number of nitrogens with zero attached hydrogens (tertiary/aromatic N) is 3. The summed E-state index contributed by atoms with van der Waals surface area (Å²) in [7, 11) is 0. The van der Waals surface area contributed by atoms with E-state index in [0.29, 0.717) is 11.5 Å². The Morgan fingerprint density at radius 2 is 2.05 bits per heavy atom. The summed E-state index contributed by atoms with van der Waals surface area (Å²) in [5, 5.41) is 13.3. The van der Waals surface area contributed by atoms with Gasteiger partial charge in [0, 0.05) is 11.8 Å². The number of benzene rings is 1. The van der Waals surface area contributed by atoms with Crippen molar-refractivity contribution in [1.29, 1.82) is 0 Å². The van der Waals surface area contributed by atoms with Crippen LogP contribution in [-0.4, -0.2) is 25.7 Å². The Hall–Kier alpha value is -2.69. The summed E-state index contributed by atoms with van der Waals surface area (Å²) < 4.78 is 1.58. The number of aromatic carboxylic acids is 1. The highest BCUT2D eigenvalue weighted by molar-refractivity contribution is 5.88. The fourth-order valence-corrected chi connectivity index (χ4v) is 1.95. The molecular weight excluding hydrogens is 242 g/mol. The van der Waals surface area contributed by atoms with Gasteiger partial charge >= 0.3 is 5.97 Å². The van der Waals surface area contributed by atoms with E-state index in [4.69, 9.17) is 5.11 Å². The number of rotatable bonds is 2. The number of carboxylic acids is 1. The molecule has 3 aromatic rings. The number of fused-ring (bicyclic) bond motifs is 1. The van der Waals surface area contributed by atoms with Crippen molar-refractivity contribution in [3.63, 3.8) is 0 Å². The molecule has 0 amide bonds.